The number of pyridine rings is 1. The second kappa shape index (κ2) is 4.88. The van der Waals surface area contributed by atoms with Crippen LogP contribution in [0.1, 0.15) is 26.0 Å². The number of hydrogen-bond donors (Lipinski definition) is 2. The first kappa shape index (κ1) is 13.3. The van der Waals surface area contributed by atoms with Gasteiger partial charge in [-0.3, -0.25) is 9.78 Å². The lowest BCUT2D eigenvalue weighted by atomic mass is 9.99. The lowest BCUT2D eigenvalue weighted by Crippen LogP contribution is -2.33. The van der Waals surface area contributed by atoms with E-state index < -0.39 is 11.5 Å². The van der Waals surface area contributed by atoms with Crippen LogP contribution in [0.5, 0.6) is 0 Å². The van der Waals surface area contributed by atoms with E-state index in [0.717, 1.165) is 22.3 Å². The van der Waals surface area contributed by atoms with E-state index in [4.69, 9.17) is 5.11 Å². The van der Waals surface area contributed by atoms with Crippen molar-refractivity contribution >= 4 is 22.6 Å². The molecule has 0 aliphatic rings. The van der Waals surface area contributed by atoms with Gasteiger partial charge in [0.25, 0.3) is 0 Å². The largest absolute Gasteiger partial charge is 0.481 e. The highest BCUT2D eigenvalue weighted by molar-refractivity contribution is 5.91. The lowest BCUT2D eigenvalue weighted by Gasteiger charge is -2.26. The third-order valence-electron chi connectivity index (χ3n) is 2.91. The number of fused-ring (bicyclic) bond motifs is 1. The third kappa shape index (κ3) is 3.22. The average molecular weight is 258 g/mol. The van der Waals surface area contributed by atoms with Crippen molar-refractivity contribution < 1.29 is 9.90 Å². The molecule has 19 heavy (non-hydrogen) atoms. The van der Waals surface area contributed by atoms with Crippen LogP contribution in [0.25, 0.3) is 10.9 Å². The molecule has 0 radical (unpaired) electrons. The Balaban J connectivity index is 2.42. The summed E-state index contributed by atoms with van der Waals surface area (Å²) in [5.74, 6) is -0.812. The number of aliphatic carboxylic acids is 1. The molecule has 2 aromatic rings. The maximum atomic E-state index is 10.9. The van der Waals surface area contributed by atoms with Crippen LogP contribution in [0.4, 0.5) is 5.69 Å². The number of aryl methyl sites for hydroxylation is 1. The number of rotatable bonds is 4. The highest BCUT2D eigenvalue weighted by atomic mass is 16.4. The number of carboxylic acids is 1. The van der Waals surface area contributed by atoms with Crippen molar-refractivity contribution in [2.75, 3.05) is 5.32 Å². The quantitative estimate of drug-likeness (QED) is 0.884. The summed E-state index contributed by atoms with van der Waals surface area (Å²) in [6.45, 7) is 5.69. The topological polar surface area (TPSA) is 62.2 Å². The summed E-state index contributed by atoms with van der Waals surface area (Å²) in [4.78, 5) is 15.4. The van der Waals surface area contributed by atoms with Crippen LogP contribution in [0, 0.1) is 6.92 Å². The van der Waals surface area contributed by atoms with Crippen molar-refractivity contribution in [2.24, 2.45) is 0 Å². The molecule has 0 fully saturated rings. The van der Waals surface area contributed by atoms with Gasteiger partial charge in [-0.25, -0.2) is 0 Å². The molecular weight excluding hydrogens is 240 g/mol. The van der Waals surface area contributed by atoms with E-state index in [2.05, 4.69) is 10.3 Å². The number of carboxylic acid groups (broad SMARTS) is 1. The number of anilines is 1. The molecular formula is C15H18N2O2. The van der Waals surface area contributed by atoms with Crippen molar-refractivity contribution in [3.63, 3.8) is 0 Å². The molecule has 4 heteroatoms. The molecule has 1 heterocycles. The van der Waals surface area contributed by atoms with Gasteiger partial charge in [0.15, 0.2) is 0 Å². The van der Waals surface area contributed by atoms with Gasteiger partial charge in [-0.15, -0.1) is 0 Å². The molecule has 0 aliphatic heterocycles. The number of para-hydroxylation sites is 1. The summed E-state index contributed by atoms with van der Waals surface area (Å²) in [6.07, 6.45) is 0.0582. The van der Waals surface area contributed by atoms with Gasteiger partial charge in [-0.05, 0) is 32.9 Å². The molecule has 2 rings (SSSR count). The molecule has 0 spiro atoms. The van der Waals surface area contributed by atoms with Gasteiger partial charge < -0.3 is 10.4 Å². The van der Waals surface area contributed by atoms with E-state index in [9.17, 15) is 4.79 Å². The Kier molecular flexibility index (Phi) is 3.42. The van der Waals surface area contributed by atoms with Crippen LogP contribution in [-0.2, 0) is 4.79 Å². The van der Waals surface area contributed by atoms with Crippen molar-refractivity contribution in [3.05, 3.63) is 36.0 Å². The van der Waals surface area contributed by atoms with Crippen LogP contribution >= 0.6 is 0 Å². The number of hydrogen-bond acceptors (Lipinski definition) is 3. The molecule has 100 valence electrons. The summed E-state index contributed by atoms with van der Waals surface area (Å²) in [5.41, 5.74) is 2.24. The maximum absolute atomic E-state index is 10.9. The first-order chi connectivity index (χ1) is 8.87. The minimum atomic E-state index is -0.812. The van der Waals surface area contributed by atoms with Gasteiger partial charge in [0.05, 0.1) is 11.9 Å². The first-order valence-electron chi connectivity index (χ1n) is 6.24. The molecule has 0 amide bonds. The van der Waals surface area contributed by atoms with Gasteiger partial charge in [0, 0.05) is 22.3 Å². The summed E-state index contributed by atoms with van der Waals surface area (Å²) in [6, 6.07) is 9.79. The Morgan fingerprint density at radius 1 is 1.37 bits per heavy atom. The zero-order valence-electron chi connectivity index (χ0n) is 11.4. The summed E-state index contributed by atoms with van der Waals surface area (Å²) in [5, 5.41) is 13.3. The molecule has 0 atom stereocenters. The zero-order chi connectivity index (χ0) is 14.0. The Morgan fingerprint density at radius 3 is 2.74 bits per heavy atom. The summed E-state index contributed by atoms with van der Waals surface area (Å²) >= 11 is 0. The van der Waals surface area contributed by atoms with Crippen molar-refractivity contribution in [1.82, 2.24) is 4.98 Å². The fourth-order valence-corrected chi connectivity index (χ4v) is 2.20. The number of nitrogens with one attached hydrogen (secondary N) is 1. The van der Waals surface area contributed by atoms with Gasteiger partial charge in [0.1, 0.15) is 0 Å². The Morgan fingerprint density at radius 2 is 2.05 bits per heavy atom. The van der Waals surface area contributed by atoms with E-state index in [0.29, 0.717) is 0 Å². The lowest BCUT2D eigenvalue weighted by molar-refractivity contribution is -0.137. The number of benzene rings is 1. The molecule has 4 nitrogen and oxygen atoms in total. The first-order valence-corrected chi connectivity index (χ1v) is 6.24. The van der Waals surface area contributed by atoms with Gasteiger partial charge in [-0.2, -0.15) is 0 Å². The van der Waals surface area contributed by atoms with E-state index in [1.54, 1.807) is 0 Å². The molecule has 0 bridgehead atoms. The number of aromatic nitrogens is 1. The van der Waals surface area contributed by atoms with Crippen molar-refractivity contribution in [1.29, 1.82) is 0 Å². The molecule has 0 saturated carbocycles. The highest BCUT2D eigenvalue weighted by Gasteiger charge is 2.22. The molecule has 0 saturated heterocycles. The SMILES string of the molecule is Cc1cc(NC(C)(C)CC(=O)O)c2ccccc2n1. The van der Waals surface area contributed by atoms with E-state index in [-0.39, 0.29) is 6.42 Å². The van der Waals surface area contributed by atoms with Crippen LogP contribution in [0.3, 0.4) is 0 Å². The zero-order valence-corrected chi connectivity index (χ0v) is 11.4. The van der Waals surface area contributed by atoms with Crippen molar-refractivity contribution in [3.8, 4) is 0 Å². The molecule has 0 unspecified atom stereocenters. The van der Waals surface area contributed by atoms with Crippen molar-refractivity contribution in [2.45, 2.75) is 32.7 Å². The molecule has 2 N–H and O–H groups in total. The highest BCUT2D eigenvalue weighted by Crippen LogP contribution is 2.26. The van der Waals surface area contributed by atoms with Crippen LogP contribution < -0.4 is 5.32 Å². The standard InChI is InChI=1S/C15H18N2O2/c1-10-8-13(17-15(2,3)9-14(18)19)11-6-4-5-7-12(11)16-10/h4-8H,9H2,1-3H3,(H,16,17)(H,18,19). The van der Waals surface area contributed by atoms with E-state index in [1.807, 2.05) is 51.1 Å². The summed E-state index contributed by atoms with van der Waals surface area (Å²) < 4.78 is 0. The van der Waals surface area contributed by atoms with Gasteiger partial charge in [-0.1, -0.05) is 18.2 Å². The second-order valence-corrected chi connectivity index (χ2v) is 5.41. The van der Waals surface area contributed by atoms with E-state index in [1.165, 1.54) is 0 Å². The third-order valence-corrected chi connectivity index (χ3v) is 2.91. The van der Waals surface area contributed by atoms with E-state index >= 15 is 0 Å². The molecule has 1 aromatic heterocycles. The maximum Gasteiger partial charge on any atom is 0.305 e. The number of carbonyl (C=O) groups is 1. The predicted molar refractivity (Wildman–Crippen MR) is 76.4 cm³/mol. The van der Waals surface area contributed by atoms with Gasteiger partial charge >= 0.3 is 5.97 Å². The Labute approximate surface area is 112 Å². The normalized spacial score (nSPS) is 11.5. The minimum Gasteiger partial charge on any atom is -0.481 e. The Bertz CT molecular complexity index is 621. The Hall–Kier alpha value is -2.10. The monoisotopic (exact) mass is 258 g/mol. The number of nitrogens with zero attached hydrogens (tertiary/aromatic N) is 1. The summed E-state index contributed by atoms with van der Waals surface area (Å²) in [7, 11) is 0. The average Bonchev–Trinajstić information content (AvgIpc) is 2.26. The molecule has 1 aromatic carbocycles. The second-order valence-electron chi connectivity index (χ2n) is 5.41. The van der Waals surface area contributed by atoms with Crippen LogP contribution in [0.2, 0.25) is 0 Å². The van der Waals surface area contributed by atoms with Crippen LogP contribution in [0.15, 0.2) is 30.3 Å². The minimum absolute atomic E-state index is 0.0582. The fourth-order valence-electron chi connectivity index (χ4n) is 2.20. The smallest absolute Gasteiger partial charge is 0.305 e. The van der Waals surface area contributed by atoms with Gasteiger partial charge in [0.2, 0.25) is 0 Å². The fraction of sp³-hybridized carbons (Fsp3) is 0.333. The van der Waals surface area contributed by atoms with Crippen LogP contribution in [-0.4, -0.2) is 21.6 Å². The molecule has 0 aliphatic carbocycles. The predicted octanol–water partition coefficient (Wildman–Crippen LogP) is 3.21.